The molecular formula is C14H12ClN3OS. The summed E-state index contributed by atoms with van der Waals surface area (Å²) in [6.45, 7) is 1.92. The third kappa shape index (κ3) is 2.46. The Morgan fingerprint density at radius 1 is 1.25 bits per heavy atom. The van der Waals surface area contributed by atoms with Gasteiger partial charge in [0.25, 0.3) is 0 Å². The molecule has 0 unspecified atom stereocenters. The van der Waals surface area contributed by atoms with E-state index in [2.05, 4.69) is 10.2 Å². The van der Waals surface area contributed by atoms with Gasteiger partial charge in [0.15, 0.2) is 5.16 Å². The van der Waals surface area contributed by atoms with Gasteiger partial charge >= 0.3 is 0 Å². The Labute approximate surface area is 125 Å². The molecule has 3 rings (SSSR count). The number of hydrogen-bond acceptors (Lipinski definition) is 4. The van der Waals surface area contributed by atoms with Crippen LogP contribution in [-0.4, -0.2) is 14.8 Å². The Hall–Kier alpha value is -1.72. The molecule has 102 valence electrons. The van der Waals surface area contributed by atoms with Crippen LogP contribution >= 0.6 is 23.4 Å². The number of nitrogens with zero attached hydrogens (tertiary/aromatic N) is 3. The minimum absolute atomic E-state index is 0.676. The Balaban J connectivity index is 2.03. The maximum atomic E-state index is 6.09. The Morgan fingerprint density at radius 2 is 2.10 bits per heavy atom. The summed E-state index contributed by atoms with van der Waals surface area (Å²) >= 11 is 7.63. The topological polar surface area (TPSA) is 43.9 Å². The lowest BCUT2D eigenvalue weighted by molar-refractivity contribution is 0.581. The van der Waals surface area contributed by atoms with Gasteiger partial charge < -0.3 is 8.98 Å². The predicted molar refractivity (Wildman–Crippen MR) is 79.0 cm³/mol. The average Bonchev–Trinajstić information content (AvgIpc) is 3.06. The number of rotatable bonds is 3. The summed E-state index contributed by atoms with van der Waals surface area (Å²) in [7, 11) is 1.94. The first-order chi connectivity index (χ1) is 9.65. The van der Waals surface area contributed by atoms with E-state index in [1.165, 1.54) is 11.8 Å². The van der Waals surface area contributed by atoms with E-state index in [9.17, 15) is 0 Å². The number of furan rings is 1. The van der Waals surface area contributed by atoms with Crippen molar-refractivity contribution in [1.82, 2.24) is 14.8 Å². The van der Waals surface area contributed by atoms with Crippen molar-refractivity contribution in [1.29, 1.82) is 0 Å². The molecule has 6 heteroatoms. The maximum Gasteiger partial charge on any atom is 0.195 e. The minimum atomic E-state index is 0.676. The van der Waals surface area contributed by atoms with Crippen LogP contribution in [0.2, 0.25) is 5.02 Å². The summed E-state index contributed by atoms with van der Waals surface area (Å²) in [6, 6.07) is 9.50. The summed E-state index contributed by atoms with van der Waals surface area (Å²) in [5.74, 6) is 1.66. The second-order valence-corrected chi connectivity index (χ2v) is 5.75. The van der Waals surface area contributed by atoms with Crippen molar-refractivity contribution in [2.75, 3.05) is 0 Å². The molecule has 0 fully saturated rings. The molecule has 0 aliphatic rings. The smallest absolute Gasteiger partial charge is 0.195 e. The number of benzene rings is 1. The van der Waals surface area contributed by atoms with E-state index in [-0.39, 0.29) is 0 Å². The average molecular weight is 306 g/mol. The molecule has 0 aliphatic carbocycles. The Morgan fingerprint density at radius 3 is 2.75 bits per heavy atom. The molecule has 1 aromatic carbocycles. The summed E-state index contributed by atoms with van der Waals surface area (Å²) in [4.78, 5) is 1.03. The third-order valence-corrected chi connectivity index (χ3v) is 4.33. The number of halogens is 1. The fourth-order valence-corrected chi connectivity index (χ4v) is 2.92. The van der Waals surface area contributed by atoms with Gasteiger partial charge in [-0.25, -0.2) is 0 Å². The van der Waals surface area contributed by atoms with Crippen molar-refractivity contribution in [2.24, 2.45) is 7.05 Å². The zero-order valence-corrected chi connectivity index (χ0v) is 12.6. The highest BCUT2D eigenvalue weighted by atomic mass is 35.5. The lowest BCUT2D eigenvalue weighted by Crippen LogP contribution is -1.93. The minimum Gasteiger partial charge on any atom is -0.464 e. The number of hydrogen-bond donors (Lipinski definition) is 0. The van der Waals surface area contributed by atoms with E-state index in [1.807, 2.05) is 48.9 Å². The van der Waals surface area contributed by atoms with Crippen molar-refractivity contribution < 1.29 is 4.42 Å². The van der Waals surface area contributed by atoms with Crippen molar-refractivity contribution >= 4 is 23.4 Å². The zero-order valence-electron chi connectivity index (χ0n) is 11.0. The van der Waals surface area contributed by atoms with Gasteiger partial charge in [-0.1, -0.05) is 11.6 Å². The highest BCUT2D eigenvalue weighted by Gasteiger charge is 2.13. The molecule has 0 bridgehead atoms. The molecule has 2 heterocycles. The fourth-order valence-electron chi connectivity index (χ4n) is 1.79. The molecule has 0 saturated carbocycles. The van der Waals surface area contributed by atoms with Crippen LogP contribution in [0.15, 0.2) is 51.1 Å². The first-order valence-corrected chi connectivity index (χ1v) is 7.22. The predicted octanol–water partition coefficient (Wildman–Crippen LogP) is 4.19. The first-order valence-electron chi connectivity index (χ1n) is 6.02. The summed E-state index contributed by atoms with van der Waals surface area (Å²) in [5, 5.41) is 9.74. The van der Waals surface area contributed by atoms with Crippen LogP contribution in [-0.2, 0) is 7.05 Å². The van der Waals surface area contributed by atoms with Crippen LogP contribution in [0.5, 0.6) is 0 Å². The molecule has 4 nitrogen and oxygen atoms in total. The number of aryl methyl sites for hydroxylation is 1. The largest absolute Gasteiger partial charge is 0.464 e. The highest BCUT2D eigenvalue weighted by molar-refractivity contribution is 7.99. The van der Waals surface area contributed by atoms with E-state index in [0.29, 0.717) is 5.02 Å². The summed E-state index contributed by atoms with van der Waals surface area (Å²) < 4.78 is 7.42. The second kappa shape index (κ2) is 5.34. The van der Waals surface area contributed by atoms with Crippen LogP contribution in [0.1, 0.15) is 5.82 Å². The van der Waals surface area contributed by atoms with Gasteiger partial charge in [0.2, 0.25) is 0 Å². The zero-order chi connectivity index (χ0) is 14.1. The monoisotopic (exact) mass is 305 g/mol. The maximum absolute atomic E-state index is 6.09. The molecule has 0 N–H and O–H groups in total. The van der Waals surface area contributed by atoms with Crippen molar-refractivity contribution in [2.45, 2.75) is 17.0 Å². The molecular weight excluding hydrogens is 294 g/mol. The Kier molecular flexibility index (Phi) is 3.54. The molecule has 0 amide bonds. The highest BCUT2D eigenvalue weighted by Crippen LogP contribution is 2.37. The van der Waals surface area contributed by atoms with Crippen molar-refractivity contribution in [3.8, 4) is 11.3 Å². The van der Waals surface area contributed by atoms with Gasteiger partial charge in [-0.3, -0.25) is 0 Å². The first kappa shape index (κ1) is 13.3. The van der Waals surface area contributed by atoms with E-state index >= 15 is 0 Å². The quantitative estimate of drug-likeness (QED) is 0.728. The van der Waals surface area contributed by atoms with E-state index < -0.39 is 0 Å². The molecule has 3 aromatic rings. The van der Waals surface area contributed by atoms with E-state index in [0.717, 1.165) is 27.2 Å². The summed E-state index contributed by atoms with van der Waals surface area (Å²) in [5.41, 5.74) is 0.952. The molecule has 0 atom stereocenters. The van der Waals surface area contributed by atoms with E-state index in [1.54, 1.807) is 6.26 Å². The van der Waals surface area contributed by atoms with Crippen molar-refractivity contribution in [3.63, 3.8) is 0 Å². The molecule has 20 heavy (non-hydrogen) atoms. The molecule has 0 spiro atoms. The second-order valence-electron chi connectivity index (χ2n) is 4.31. The Bertz CT molecular complexity index is 737. The van der Waals surface area contributed by atoms with Gasteiger partial charge in [-0.2, -0.15) is 0 Å². The van der Waals surface area contributed by atoms with Gasteiger partial charge in [0.1, 0.15) is 11.6 Å². The van der Waals surface area contributed by atoms with Gasteiger partial charge in [0.05, 0.1) is 6.26 Å². The van der Waals surface area contributed by atoms with Gasteiger partial charge in [0, 0.05) is 22.5 Å². The molecule has 0 saturated heterocycles. The lowest BCUT2D eigenvalue weighted by Gasteiger charge is -2.07. The summed E-state index contributed by atoms with van der Waals surface area (Å²) in [6.07, 6.45) is 1.65. The van der Waals surface area contributed by atoms with Crippen LogP contribution in [0, 0.1) is 6.92 Å². The van der Waals surface area contributed by atoms with Crippen LogP contribution < -0.4 is 0 Å². The van der Waals surface area contributed by atoms with E-state index in [4.69, 9.17) is 16.0 Å². The lowest BCUT2D eigenvalue weighted by atomic mass is 10.2. The van der Waals surface area contributed by atoms with Crippen LogP contribution in [0.3, 0.4) is 0 Å². The third-order valence-electron chi connectivity index (χ3n) is 2.98. The van der Waals surface area contributed by atoms with Crippen molar-refractivity contribution in [3.05, 3.63) is 47.4 Å². The normalized spacial score (nSPS) is 10.9. The van der Waals surface area contributed by atoms with Crippen LogP contribution in [0.4, 0.5) is 0 Å². The molecule has 2 aromatic heterocycles. The fraction of sp³-hybridized carbons (Fsp3) is 0.143. The van der Waals surface area contributed by atoms with Gasteiger partial charge in [-0.15, -0.1) is 10.2 Å². The molecule has 0 aliphatic heterocycles. The SMILES string of the molecule is Cc1nnc(Sc2ccc(Cl)cc2-c2ccco2)n1C. The molecule has 0 radical (unpaired) electrons. The number of aromatic nitrogens is 3. The van der Waals surface area contributed by atoms with Crippen LogP contribution in [0.25, 0.3) is 11.3 Å². The standard InChI is InChI=1S/C14H12ClN3OS/c1-9-16-17-14(18(9)2)20-13-6-5-10(15)8-11(13)12-4-3-7-19-12/h3-8H,1-2H3. The van der Waals surface area contributed by atoms with Gasteiger partial charge in [-0.05, 0) is 49.0 Å².